The molecule has 7 nitrogen and oxygen atoms in total. The van der Waals surface area contributed by atoms with Gasteiger partial charge < -0.3 is 18.9 Å². The van der Waals surface area contributed by atoms with Gasteiger partial charge in [0, 0.05) is 5.56 Å². The van der Waals surface area contributed by atoms with Crippen molar-refractivity contribution in [1.82, 2.24) is 5.43 Å². The van der Waals surface area contributed by atoms with Crippen LogP contribution in [0.1, 0.15) is 22.8 Å². The maximum absolute atomic E-state index is 12.2. The standard InChI is InChI=1S/C19H21ClN2O5/c1-5-27-18-14(20)8-12(9-17(18)26-4)11-21-22-19(23)13-6-7-15(24-2)16(10-13)25-3/h6-11H,5H2,1-4H3,(H,22,23)/b21-11-. The first kappa shape index (κ1) is 20.4. The third-order valence-corrected chi connectivity index (χ3v) is 3.85. The number of carbonyl (C=O) groups is 1. The number of halogens is 1. The molecule has 1 N–H and O–H groups in total. The first-order valence-electron chi connectivity index (χ1n) is 8.09. The SMILES string of the molecule is CCOc1c(Cl)cc(/C=N\NC(=O)c2ccc(OC)c(OC)c2)cc1OC. The molecule has 0 bridgehead atoms. The van der Waals surface area contributed by atoms with Crippen molar-refractivity contribution in [2.75, 3.05) is 27.9 Å². The summed E-state index contributed by atoms with van der Waals surface area (Å²) in [6.45, 7) is 2.32. The first-order valence-corrected chi connectivity index (χ1v) is 8.47. The summed E-state index contributed by atoms with van der Waals surface area (Å²) in [5, 5.41) is 4.35. The molecule has 0 spiro atoms. The molecule has 2 aromatic rings. The van der Waals surface area contributed by atoms with Crippen LogP contribution in [0.2, 0.25) is 5.02 Å². The predicted octanol–water partition coefficient (Wildman–Crippen LogP) is 3.53. The number of hydrogen-bond acceptors (Lipinski definition) is 6. The zero-order valence-corrected chi connectivity index (χ0v) is 16.3. The van der Waals surface area contributed by atoms with Gasteiger partial charge in [0.05, 0.1) is 39.2 Å². The van der Waals surface area contributed by atoms with Crippen LogP contribution in [0, 0.1) is 0 Å². The topological polar surface area (TPSA) is 78.4 Å². The Morgan fingerprint density at radius 1 is 1.07 bits per heavy atom. The minimum absolute atomic E-state index is 0.382. The molecular weight excluding hydrogens is 372 g/mol. The van der Waals surface area contributed by atoms with Crippen LogP contribution in [0.5, 0.6) is 23.0 Å². The molecular formula is C19H21ClN2O5. The lowest BCUT2D eigenvalue weighted by Gasteiger charge is -2.11. The second-order valence-corrected chi connectivity index (χ2v) is 5.64. The maximum Gasteiger partial charge on any atom is 0.271 e. The molecule has 0 aromatic heterocycles. The van der Waals surface area contributed by atoms with Crippen LogP contribution in [-0.4, -0.2) is 40.1 Å². The molecule has 0 radical (unpaired) electrons. The second-order valence-electron chi connectivity index (χ2n) is 5.24. The molecule has 2 aromatic carbocycles. The molecule has 0 aliphatic heterocycles. The number of ether oxygens (including phenoxy) is 4. The van der Waals surface area contributed by atoms with Crippen molar-refractivity contribution in [3.8, 4) is 23.0 Å². The number of rotatable bonds is 8. The fourth-order valence-corrected chi connectivity index (χ4v) is 2.58. The summed E-state index contributed by atoms with van der Waals surface area (Å²) in [4.78, 5) is 12.2. The van der Waals surface area contributed by atoms with Gasteiger partial charge in [-0.25, -0.2) is 5.43 Å². The summed E-state index contributed by atoms with van der Waals surface area (Å²) in [6.07, 6.45) is 1.46. The Morgan fingerprint density at radius 3 is 2.41 bits per heavy atom. The van der Waals surface area contributed by atoms with Gasteiger partial charge in [-0.05, 0) is 42.8 Å². The van der Waals surface area contributed by atoms with Gasteiger partial charge in [-0.2, -0.15) is 5.10 Å². The van der Waals surface area contributed by atoms with Gasteiger partial charge in [-0.1, -0.05) is 11.6 Å². The van der Waals surface area contributed by atoms with Crippen molar-refractivity contribution in [3.05, 3.63) is 46.5 Å². The molecule has 0 aliphatic carbocycles. The van der Waals surface area contributed by atoms with Gasteiger partial charge in [0.2, 0.25) is 0 Å². The Hall–Kier alpha value is -2.93. The van der Waals surface area contributed by atoms with E-state index in [9.17, 15) is 4.79 Å². The molecule has 0 saturated heterocycles. The molecule has 0 heterocycles. The third-order valence-electron chi connectivity index (χ3n) is 3.57. The lowest BCUT2D eigenvalue weighted by Crippen LogP contribution is -2.17. The highest BCUT2D eigenvalue weighted by Crippen LogP contribution is 2.36. The van der Waals surface area contributed by atoms with Crippen molar-refractivity contribution >= 4 is 23.7 Å². The van der Waals surface area contributed by atoms with Crippen LogP contribution < -0.4 is 24.4 Å². The molecule has 0 unspecified atom stereocenters. The van der Waals surface area contributed by atoms with Gasteiger partial charge in [-0.3, -0.25) is 4.79 Å². The van der Waals surface area contributed by atoms with E-state index in [2.05, 4.69) is 10.5 Å². The minimum Gasteiger partial charge on any atom is -0.493 e. The molecule has 144 valence electrons. The van der Waals surface area contributed by atoms with E-state index in [1.54, 1.807) is 30.3 Å². The fourth-order valence-electron chi connectivity index (χ4n) is 2.31. The molecule has 0 aliphatic rings. The number of hydrogen-bond donors (Lipinski definition) is 1. The zero-order valence-electron chi connectivity index (χ0n) is 15.5. The smallest absolute Gasteiger partial charge is 0.271 e. The lowest BCUT2D eigenvalue weighted by molar-refractivity contribution is 0.0954. The molecule has 2 rings (SSSR count). The Morgan fingerprint density at radius 2 is 1.78 bits per heavy atom. The highest BCUT2D eigenvalue weighted by molar-refractivity contribution is 6.32. The summed E-state index contributed by atoms with van der Waals surface area (Å²) in [6, 6.07) is 8.21. The quantitative estimate of drug-likeness (QED) is 0.549. The molecule has 0 atom stereocenters. The maximum atomic E-state index is 12.2. The van der Waals surface area contributed by atoms with E-state index in [4.69, 9.17) is 30.5 Å². The number of nitrogens with zero attached hydrogens (tertiary/aromatic N) is 1. The van der Waals surface area contributed by atoms with Gasteiger partial charge in [0.25, 0.3) is 5.91 Å². The summed E-state index contributed by atoms with van der Waals surface area (Å²) >= 11 is 6.21. The third kappa shape index (κ3) is 5.04. The van der Waals surface area contributed by atoms with E-state index < -0.39 is 5.91 Å². The average molecular weight is 393 g/mol. The molecule has 1 amide bonds. The van der Waals surface area contributed by atoms with Crippen LogP contribution in [-0.2, 0) is 0 Å². The number of hydrazone groups is 1. The summed E-state index contributed by atoms with van der Waals surface area (Å²) < 4.78 is 21.1. The van der Waals surface area contributed by atoms with Gasteiger partial charge in [-0.15, -0.1) is 0 Å². The van der Waals surface area contributed by atoms with Crippen LogP contribution in [0.4, 0.5) is 0 Å². The lowest BCUT2D eigenvalue weighted by atomic mass is 10.2. The largest absolute Gasteiger partial charge is 0.493 e. The van der Waals surface area contributed by atoms with E-state index in [0.717, 1.165) is 0 Å². The van der Waals surface area contributed by atoms with Crippen LogP contribution >= 0.6 is 11.6 Å². The summed E-state index contributed by atoms with van der Waals surface area (Å²) in [5.74, 6) is 1.55. The number of carbonyl (C=O) groups excluding carboxylic acids is 1. The van der Waals surface area contributed by atoms with E-state index in [1.807, 2.05) is 6.92 Å². The summed E-state index contributed by atoms with van der Waals surface area (Å²) in [7, 11) is 4.55. The Kier molecular flexibility index (Phi) is 7.31. The Balaban J connectivity index is 2.13. The van der Waals surface area contributed by atoms with E-state index in [0.29, 0.717) is 45.8 Å². The van der Waals surface area contributed by atoms with Gasteiger partial charge >= 0.3 is 0 Å². The van der Waals surface area contributed by atoms with E-state index in [-0.39, 0.29) is 0 Å². The molecule has 0 fully saturated rings. The predicted molar refractivity (Wildman–Crippen MR) is 104 cm³/mol. The first-order chi connectivity index (χ1) is 13.0. The molecule has 0 saturated carbocycles. The van der Waals surface area contributed by atoms with Gasteiger partial charge in [0.1, 0.15) is 0 Å². The van der Waals surface area contributed by atoms with Crippen molar-refractivity contribution in [2.45, 2.75) is 6.92 Å². The van der Waals surface area contributed by atoms with E-state index in [1.165, 1.54) is 27.5 Å². The average Bonchev–Trinajstić information content (AvgIpc) is 2.69. The normalized spacial score (nSPS) is 10.6. The van der Waals surface area contributed by atoms with Crippen molar-refractivity contribution in [2.24, 2.45) is 5.10 Å². The van der Waals surface area contributed by atoms with Crippen molar-refractivity contribution in [3.63, 3.8) is 0 Å². The number of methoxy groups -OCH3 is 3. The van der Waals surface area contributed by atoms with E-state index >= 15 is 0 Å². The molecule has 27 heavy (non-hydrogen) atoms. The van der Waals surface area contributed by atoms with Gasteiger partial charge in [0.15, 0.2) is 23.0 Å². The van der Waals surface area contributed by atoms with Crippen LogP contribution in [0.15, 0.2) is 35.4 Å². The van der Waals surface area contributed by atoms with Crippen molar-refractivity contribution < 1.29 is 23.7 Å². The number of amides is 1. The van der Waals surface area contributed by atoms with Crippen LogP contribution in [0.25, 0.3) is 0 Å². The monoisotopic (exact) mass is 392 g/mol. The number of benzene rings is 2. The Bertz CT molecular complexity index is 839. The second kappa shape index (κ2) is 9.68. The highest BCUT2D eigenvalue weighted by atomic mass is 35.5. The molecule has 8 heteroatoms. The summed E-state index contributed by atoms with van der Waals surface area (Å²) in [5.41, 5.74) is 3.48. The highest BCUT2D eigenvalue weighted by Gasteiger charge is 2.12. The van der Waals surface area contributed by atoms with Crippen LogP contribution in [0.3, 0.4) is 0 Å². The Labute approximate surface area is 162 Å². The minimum atomic E-state index is -0.392. The van der Waals surface area contributed by atoms with Crippen molar-refractivity contribution in [1.29, 1.82) is 0 Å². The number of nitrogens with one attached hydrogen (secondary N) is 1. The fraction of sp³-hybridized carbons (Fsp3) is 0.263. The zero-order chi connectivity index (χ0) is 19.8.